The maximum Gasteiger partial charge on any atom is 0.294 e. The smallest absolute Gasteiger partial charge is 0.294 e. The van der Waals surface area contributed by atoms with Crippen LogP contribution in [0.4, 0.5) is 0 Å². The van der Waals surface area contributed by atoms with Gasteiger partial charge in [0.05, 0.1) is 4.90 Å². The SMILES string of the molecule is C=CCOc1ccc(CN2CCN(C(=O)c3cccc(S(=O)(=O)O)c3)CC2)cc1. The lowest BCUT2D eigenvalue weighted by Gasteiger charge is -2.34. The van der Waals surface area contributed by atoms with Crippen LogP contribution >= 0.6 is 0 Å². The van der Waals surface area contributed by atoms with Gasteiger partial charge < -0.3 is 9.64 Å². The lowest BCUT2D eigenvalue weighted by molar-refractivity contribution is 0.0628. The van der Waals surface area contributed by atoms with Crippen molar-refractivity contribution in [2.75, 3.05) is 32.8 Å². The molecule has 154 valence electrons. The molecule has 1 aliphatic heterocycles. The first-order chi connectivity index (χ1) is 13.9. The van der Waals surface area contributed by atoms with E-state index in [1.807, 2.05) is 24.3 Å². The van der Waals surface area contributed by atoms with Gasteiger partial charge in [0.15, 0.2) is 0 Å². The molecule has 8 heteroatoms. The maximum atomic E-state index is 12.7. The Kier molecular flexibility index (Phi) is 6.68. The van der Waals surface area contributed by atoms with E-state index >= 15 is 0 Å². The molecule has 0 bridgehead atoms. The molecule has 7 nitrogen and oxygen atoms in total. The van der Waals surface area contributed by atoms with Crippen LogP contribution in [0, 0.1) is 0 Å². The summed E-state index contributed by atoms with van der Waals surface area (Å²) in [7, 11) is -4.33. The Hall–Kier alpha value is -2.68. The van der Waals surface area contributed by atoms with Gasteiger partial charge in [0, 0.05) is 38.3 Å². The van der Waals surface area contributed by atoms with Crippen molar-refractivity contribution >= 4 is 16.0 Å². The number of amides is 1. The molecule has 0 aromatic heterocycles. The Morgan fingerprint density at radius 2 is 1.79 bits per heavy atom. The Bertz CT molecular complexity index is 965. The monoisotopic (exact) mass is 416 g/mol. The molecule has 1 aliphatic rings. The van der Waals surface area contributed by atoms with Crippen LogP contribution in [-0.4, -0.2) is 61.5 Å². The number of nitrogens with zero attached hydrogens (tertiary/aromatic N) is 2. The van der Waals surface area contributed by atoms with Crippen molar-refractivity contribution in [2.24, 2.45) is 0 Å². The molecule has 29 heavy (non-hydrogen) atoms. The van der Waals surface area contributed by atoms with E-state index in [0.717, 1.165) is 30.9 Å². The second kappa shape index (κ2) is 9.21. The first-order valence-corrected chi connectivity index (χ1v) is 10.7. The molecule has 0 aliphatic carbocycles. The van der Waals surface area contributed by atoms with Crippen LogP contribution in [0.25, 0.3) is 0 Å². The summed E-state index contributed by atoms with van der Waals surface area (Å²) in [4.78, 5) is 16.4. The van der Waals surface area contributed by atoms with Crippen molar-refractivity contribution < 1.29 is 22.5 Å². The normalized spacial score (nSPS) is 15.1. The number of benzene rings is 2. The van der Waals surface area contributed by atoms with Gasteiger partial charge >= 0.3 is 0 Å². The first-order valence-electron chi connectivity index (χ1n) is 9.28. The van der Waals surface area contributed by atoms with E-state index in [9.17, 15) is 13.2 Å². The summed E-state index contributed by atoms with van der Waals surface area (Å²) in [5, 5.41) is 0. The number of carbonyl (C=O) groups is 1. The largest absolute Gasteiger partial charge is 0.490 e. The third-order valence-corrected chi connectivity index (χ3v) is 5.59. The average Bonchev–Trinajstić information content (AvgIpc) is 2.73. The Balaban J connectivity index is 1.55. The van der Waals surface area contributed by atoms with Crippen molar-refractivity contribution in [2.45, 2.75) is 11.4 Å². The van der Waals surface area contributed by atoms with E-state index in [-0.39, 0.29) is 16.4 Å². The Labute approximate surface area is 171 Å². The van der Waals surface area contributed by atoms with Crippen LogP contribution in [0.2, 0.25) is 0 Å². The van der Waals surface area contributed by atoms with Gasteiger partial charge in [0.2, 0.25) is 0 Å². The van der Waals surface area contributed by atoms with Gasteiger partial charge in [-0.2, -0.15) is 8.42 Å². The zero-order chi connectivity index (χ0) is 20.9. The molecule has 0 atom stereocenters. The molecule has 3 rings (SSSR count). The molecule has 0 saturated carbocycles. The topological polar surface area (TPSA) is 87.2 Å². The summed E-state index contributed by atoms with van der Waals surface area (Å²) >= 11 is 0. The van der Waals surface area contributed by atoms with Crippen LogP contribution in [-0.2, 0) is 16.7 Å². The van der Waals surface area contributed by atoms with E-state index < -0.39 is 10.1 Å². The number of hydrogen-bond donors (Lipinski definition) is 1. The van der Waals surface area contributed by atoms with Crippen molar-refractivity contribution in [1.29, 1.82) is 0 Å². The van der Waals surface area contributed by atoms with Gasteiger partial charge in [0.1, 0.15) is 12.4 Å². The molecular weight excluding hydrogens is 392 g/mol. The van der Waals surface area contributed by atoms with Gasteiger partial charge in [-0.3, -0.25) is 14.2 Å². The van der Waals surface area contributed by atoms with Crippen molar-refractivity contribution in [3.8, 4) is 5.75 Å². The standard InChI is InChI=1S/C21H24N2O5S/c1-2-14-28-19-8-6-17(7-9-19)16-22-10-12-23(13-11-22)21(24)18-4-3-5-20(15-18)29(25,26)27/h2-9,15H,1,10-14,16H2,(H,25,26,27). The lowest BCUT2D eigenvalue weighted by atomic mass is 10.1. The van der Waals surface area contributed by atoms with Crippen molar-refractivity contribution in [3.05, 3.63) is 72.3 Å². The molecule has 2 aromatic rings. The molecule has 1 fully saturated rings. The minimum Gasteiger partial charge on any atom is -0.490 e. The number of carbonyl (C=O) groups excluding carboxylic acids is 1. The van der Waals surface area contributed by atoms with E-state index in [2.05, 4.69) is 11.5 Å². The van der Waals surface area contributed by atoms with Crippen LogP contribution in [0.3, 0.4) is 0 Å². The summed E-state index contributed by atoms with van der Waals surface area (Å²) in [6, 6.07) is 13.4. The third-order valence-electron chi connectivity index (χ3n) is 4.74. The van der Waals surface area contributed by atoms with Gasteiger partial charge in [-0.25, -0.2) is 0 Å². The maximum absolute atomic E-state index is 12.7. The van der Waals surface area contributed by atoms with Gasteiger partial charge in [-0.15, -0.1) is 0 Å². The second-order valence-electron chi connectivity index (χ2n) is 6.81. The van der Waals surface area contributed by atoms with Gasteiger partial charge in [-0.1, -0.05) is 30.9 Å². The molecule has 1 N–H and O–H groups in total. The van der Waals surface area contributed by atoms with Crippen molar-refractivity contribution in [1.82, 2.24) is 9.80 Å². The predicted octanol–water partition coefficient (Wildman–Crippen LogP) is 2.46. The van der Waals surface area contributed by atoms with Crippen LogP contribution in [0.5, 0.6) is 5.75 Å². The molecule has 0 unspecified atom stereocenters. The summed E-state index contributed by atoms with van der Waals surface area (Å²) in [6.07, 6.45) is 1.70. The fraction of sp³-hybridized carbons (Fsp3) is 0.286. The Morgan fingerprint density at radius 1 is 1.10 bits per heavy atom. The van der Waals surface area contributed by atoms with Crippen LogP contribution < -0.4 is 4.74 Å². The van der Waals surface area contributed by atoms with E-state index in [4.69, 9.17) is 9.29 Å². The highest BCUT2D eigenvalue weighted by Crippen LogP contribution is 2.17. The van der Waals surface area contributed by atoms with Crippen LogP contribution in [0.15, 0.2) is 66.1 Å². The minimum atomic E-state index is -4.33. The summed E-state index contributed by atoms with van der Waals surface area (Å²) in [5.41, 5.74) is 1.42. The fourth-order valence-electron chi connectivity index (χ4n) is 3.19. The number of ether oxygens (including phenoxy) is 1. The minimum absolute atomic E-state index is 0.237. The van der Waals surface area contributed by atoms with Gasteiger partial charge in [0.25, 0.3) is 16.0 Å². The average molecular weight is 416 g/mol. The highest BCUT2D eigenvalue weighted by molar-refractivity contribution is 7.85. The number of piperazine rings is 1. The zero-order valence-electron chi connectivity index (χ0n) is 16.0. The molecule has 1 saturated heterocycles. The first kappa shape index (κ1) is 21.0. The van der Waals surface area contributed by atoms with E-state index in [1.165, 1.54) is 18.2 Å². The molecular formula is C21H24N2O5S. The number of hydrogen-bond acceptors (Lipinski definition) is 5. The zero-order valence-corrected chi connectivity index (χ0v) is 16.8. The third kappa shape index (κ3) is 5.66. The molecule has 0 radical (unpaired) electrons. The Morgan fingerprint density at radius 3 is 2.41 bits per heavy atom. The second-order valence-corrected chi connectivity index (χ2v) is 8.24. The summed E-state index contributed by atoms with van der Waals surface area (Å²) in [5.74, 6) is 0.565. The molecule has 1 heterocycles. The predicted molar refractivity (Wildman–Crippen MR) is 110 cm³/mol. The van der Waals surface area contributed by atoms with Gasteiger partial charge in [-0.05, 0) is 35.9 Å². The summed E-state index contributed by atoms with van der Waals surface area (Å²) in [6.45, 7) is 7.42. The highest BCUT2D eigenvalue weighted by Gasteiger charge is 2.23. The molecule has 2 aromatic carbocycles. The van der Waals surface area contributed by atoms with Crippen molar-refractivity contribution in [3.63, 3.8) is 0 Å². The highest BCUT2D eigenvalue weighted by atomic mass is 32.2. The lowest BCUT2D eigenvalue weighted by Crippen LogP contribution is -2.48. The van der Waals surface area contributed by atoms with E-state index in [0.29, 0.717) is 19.7 Å². The van der Waals surface area contributed by atoms with Crippen LogP contribution in [0.1, 0.15) is 15.9 Å². The quantitative estimate of drug-likeness (QED) is 0.551. The molecule has 1 amide bonds. The summed E-state index contributed by atoms with van der Waals surface area (Å²) < 4.78 is 37.2. The molecule has 0 spiro atoms. The number of rotatable bonds is 7. The fourth-order valence-corrected chi connectivity index (χ4v) is 3.71. The van der Waals surface area contributed by atoms with E-state index in [1.54, 1.807) is 17.0 Å².